The highest BCUT2D eigenvalue weighted by molar-refractivity contribution is 6.33. The van der Waals surface area contributed by atoms with Gasteiger partial charge in [0.2, 0.25) is 0 Å². The molecule has 0 aliphatic rings. The van der Waals surface area contributed by atoms with Crippen molar-refractivity contribution in [3.63, 3.8) is 0 Å². The number of hydrogen-bond acceptors (Lipinski definition) is 3. The van der Waals surface area contributed by atoms with Crippen molar-refractivity contribution >= 4 is 23.0 Å². The molecular formula is C13H12ClN3. The highest BCUT2D eigenvalue weighted by Crippen LogP contribution is 2.20. The Kier molecular flexibility index (Phi) is 3.73. The second-order valence-electron chi connectivity index (χ2n) is 3.53. The van der Waals surface area contributed by atoms with E-state index in [0.29, 0.717) is 5.02 Å². The lowest BCUT2D eigenvalue weighted by atomic mass is 10.2. The Morgan fingerprint density at radius 2 is 2.06 bits per heavy atom. The van der Waals surface area contributed by atoms with Crippen molar-refractivity contribution < 1.29 is 0 Å². The fourth-order valence-corrected chi connectivity index (χ4v) is 1.52. The molecule has 0 aliphatic heterocycles. The molecule has 0 unspecified atom stereocenters. The van der Waals surface area contributed by atoms with Crippen LogP contribution in [0.5, 0.6) is 0 Å². The first kappa shape index (κ1) is 11.6. The summed E-state index contributed by atoms with van der Waals surface area (Å²) in [5.41, 5.74) is 5.57. The molecule has 4 heteroatoms. The van der Waals surface area contributed by atoms with E-state index in [-0.39, 0.29) is 0 Å². The minimum Gasteiger partial charge on any atom is -0.277 e. The molecule has 0 amide bonds. The molecule has 1 heterocycles. The van der Waals surface area contributed by atoms with Gasteiger partial charge < -0.3 is 0 Å². The zero-order valence-electron chi connectivity index (χ0n) is 9.39. The lowest BCUT2D eigenvalue weighted by Gasteiger charge is -2.04. The third kappa shape index (κ3) is 3.04. The Bertz CT molecular complexity index is 523. The smallest absolute Gasteiger partial charge is 0.0748 e. The normalized spacial score (nSPS) is 11.3. The van der Waals surface area contributed by atoms with Crippen LogP contribution in [0.15, 0.2) is 53.9 Å². The van der Waals surface area contributed by atoms with Crippen molar-refractivity contribution in [2.75, 3.05) is 5.43 Å². The maximum atomic E-state index is 6.01. The van der Waals surface area contributed by atoms with Crippen molar-refractivity contribution in [3.8, 4) is 0 Å². The van der Waals surface area contributed by atoms with Crippen molar-refractivity contribution in [1.82, 2.24) is 4.98 Å². The van der Waals surface area contributed by atoms with Crippen LogP contribution in [0.1, 0.15) is 12.5 Å². The summed E-state index contributed by atoms with van der Waals surface area (Å²) in [5.74, 6) is 0. The molecule has 1 aromatic carbocycles. The molecule has 0 saturated heterocycles. The topological polar surface area (TPSA) is 37.3 Å². The number of anilines is 1. The summed E-state index contributed by atoms with van der Waals surface area (Å²) in [7, 11) is 0. The van der Waals surface area contributed by atoms with Crippen molar-refractivity contribution in [2.24, 2.45) is 5.10 Å². The van der Waals surface area contributed by atoms with Gasteiger partial charge in [-0.15, -0.1) is 0 Å². The van der Waals surface area contributed by atoms with Crippen molar-refractivity contribution in [2.45, 2.75) is 6.92 Å². The van der Waals surface area contributed by atoms with E-state index in [1.165, 1.54) is 0 Å². The number of benzene rings is 1. The molecule has 0 bridgehead atoms. The average molecular weight is 246 g/mol. The van der Waals surface area contributed by atoms with Gasteiger partial charge in [0.1, 0.15) is 0 Å². The number of hydrazone groups is 1. The lowest BCUT2D eigenvalue weighted by Crippen LogP contribution is -2.00. The second kappa shape index (κ2) is 5.46. The molecule has 0 fully saturated rings. The number of nitrogens with zero attached hydrogens (tertiary/aromatic N) is 2. The highest BCUT2D eigenvalue weighted by atomic mass is 35.5. The van der Waals surface area contributed by atoms with Crippen molar-refractivity contribution in [3.05, 3.63) is 59.4 Å². The van der Waals surface area contributed by atoms with E-state index < -0.39 is 0 Å². The zero-order valence-corrected chi connectivity index (χ0v) is 10.1. The molecule has 2 aromatic rings. The van der Waals surface area contributed by atoms with Gasteiger partial charge in [0.05, 0.1) is 16.4 Å². The number of pyridine rings is 1. The van der Waals surface area contributed by atoms with Gasteiger partial charge in [0, 0.05) is 18.0 Å². The first-order valence-corrected chi connectivity index (χ1v) is 5.60. The molecule has 0 aliphatic carbocycles. The lowest BCUT2D eigenvalue weighted by molar-refractivity contribution is 1.28. The molecule has 17 heavy (non-hydrogen) atoms. The van der Waals surface area contributed by atoms with Gasteiger partial charge >= 0.3 is 0 Å². The quantitative estimate of drug-likeness (QED) is 0.663. The maximum Gasteiger partial charge on any atom is 0.0748 e. The Labute approximate surface area is 105 Å². The standard InChI is InChI=1S/C13H12ClN3/c1-10(11-5-4-8-15-9-11)16-17-13-7-3-2-6-12(13)14/h2-9,17H,1H3/b16-10+. The number of hydrogen-bond donors (Lipinski definition) is 1. The molecule has 0 atom stereocenters. The predicted octanol–water partition coefficient (Wildman–Crippen LogP) is 3.57. The average Bonchev–Trinajstić information content (AvgIpc) is 2.38. The van der Waals surface area contributed by atoms with Gasteiger partial charge in [-0.3, -0.25) is 10.4 Å². The summed E-state index contributed by atoms with van der Waals surface area (Å²) >= 11 is 6.01. The number of para-hydroxylation sites is 1. The molecule has 0 saturated carbocycles. The summed E-state index contributed by atoms with van der Waals surface area (Å²) in [4.78, 5) is 4.04. The monoisotopic (exact) mass is 245 g/mol. The van der Waals surface area contributed by atoms with E-state index in [1.54, 1.807) is 12.4 Å². The maximum absolute atomic E-state index is 6.01. The highest BCUT2D eigenvalue weighted by Gasteiger charge is 1.98. The third-order valence-corrected chi connectivity index (χ3v) is 2.63. The molecular weight excluding hydrogens is 234 g/mol. The van der Waals surface area contributed by atoms with Gasteiger partial charge in [0.25, 0.3) is 0 Å². The van der Waals surface area contributed by atoms with Gasteiger partial charge in [-0.25, -0.2) is 0 Å². The molecule has 86 valence electrons. The van der Waals surface area contributed by atoms with Crippen LogP contribution in [-0.2, 0) is 0 Å². The summed E-state index contributed by atoms with van der Waals surface area (Å²) in [6, 6.07) is 11.3. The van der Waals surface area contributed by atoms with Gasteiger partial charge in [-0.1, -0.05) is 29.8 Å². The molecule has 1 N–H and O–H groups in total. The molecule has 1 aromatic heterocycles. The van der Waals surface area contributed by atoms with E-state index in [1.807, 2.05) is 43.3 Å². The number of rotatable bonds is 3. The summed E-state index contributed by atoms with van der Waals surface area (Å²) in [6.45, 7) is 1.92. The van der Waals surface area contributed by atoms with E-state index in [0.717, 1.165) is 17.0 Å². The van der Waals surface area contributed by atoms with Gasteiger partial charge in [-0.2, -0.15) is 5.10 Å². The summed E-state index contributed by atoms with van der Waals surface area (Å²) in [6.07, 6.45) is 3.51. The SMILES string of the molecule is C/C(=N\Nc1ccccc1Cl)c1cccnc1. The van der Waals surface area contributed by atoms with Gasteiger partial charge in [-0.05, 0) is 25.1 Å². The van der Waals surface area contributed by atoms with Crippen LogP contribution in [0.25, 0.3) is 0 Å². The fraction of sp³-hybridized carbons (Fsp3) is 0.0769. The Hall–Kier alpha value is -1.87. The summed E-state index contributed by atoms with van der Waals surface area (Å²) in [5, 5.41) is 4.92. The number of halogens is 1. The van der Waals surface area contributed by atoms with E-state index in [4.69, 9.17) is 11.6 Å². The Morgan fingerprint density at radius 1 is 1.24 bits per heavy atom. The molecule has 2 rings (SSSR count). The molecule has 0 spiro atoms. The van der Waals surface area contributed by atoms with E-state index >= 15 is 0 Å². The van der Waals surface area contributed by atoms with E-state index in [9.17, 15) is 0 Å². The fourth-order valence-electron chi connectivity index (χ4n) is 1.34. The van der Waals surface area contributed by atoms with Crippen LogP contribution >= 0.6 is 11.6 Å². The van der Waals surface area contributed by atoms with Gasteiger partial charge in [0.15, 0.2) is 0 Å². The first-order chi connectivity index (χ1) is 8.27. The van der Waals surface area contributed by atoms with Crippen LogP contribution in [0.3, 0.4) is 0 Å². The van der Waals surface area contributed by atoms with Crippen LogP contribution in [0.2, 0.25) is 5.02 Å². The minimum atomic E-state index is 0.648. The second-order valence-corrected chi connectivity index (χ2v) is 3.94. The molecule has 0 radical (unpaired) electrons. The summed E-state index contributed by atoms with van der Waals surface area (Å²) < 4.78 is 0. The van der Waals surface area contributed by atoms with Crippen LogP contribution < -0.4 is 5.43 Å². The predicted molar refractivity (Wildman–Crippen MR) is 71.5 cm³/mol. The van der Waals surface area contributed by atoms with Crippen LogP contribution in [-0.4, -0.2) is 10.7 Å². The van der Waals surface area contributed by atoms with Crippen molar-refractivity contribution in [1.29, 1.82) is 0 Å². The first-order valence-electron chi connectivity index (χ1n) is 5.22. The number of aromatic nitrogens is 1. The van der Waals surface area contributed by atoms with Crippen LogP contribution in [0.4, 0.5) is 5.69 Å². The van der Waals surface area contributed by atoms with E-state index in [2.05, 4.69) is 15.5 Å². The molecule has 3 nitrogen and oxygen atoms in total. The minimum absolute atomic E-state index is 0.648. The van der Waals surface area contributed by atoms with Crippen LogP contribution in [0, 0.1) is 0 Å². The third-order valence-electron chi connectivity index (χ3n) is 2.30. The zero-order chi connectivity index (χ0) is 12.1. The Morgan fingerprint density at radius 3 is 2.76 bits per heavy atom. The number of nitrogens with one attached hydrogen (secondary N) is 1. The Balaban J connectivity index is 2.14. The largest absolute Gasteiger partial charge is 0.277 e.